The Balaban J connectivity index is 1.34. The maximum Gasteiger partial charge on any atom is 0.262 e. The van der Waals surface area contributed by atoms with Gasteiger partial charge in [0.25, 0.3) is 5.91 Å². The van der Waals surface area contributed by atoms with Gasteiger partial charge in [0.1, 0.15) is 18.2 Å². The Bertz CT molecular complexity index is 1270. The van der Waals surface area contributed by atoms with Crippen LogP contribution in [-0.2, 0) is 11.4 Å². The average molecular weight is 582 g/mol. The number of benzene rings is 3. The lowest BCUT2D eigenvalue weighted by molar-refractivity contribution is -0.129. The van der Waals surface area contributed by atoms with Crippen molar-refractivity contribution in [1.82, 2.24) is 4.90 Å². The summed E-state index contributed by atoms with van der Waals surface area (Å²) in [6.07, 6.45) is 6.55. The minimum absolute atomic E-state index is 0.0879. The number of halogens is 2. The van der Waals surface area contributed by atoms with Crippen molar-refractivity contribution in [3.63, 3.8) is 0 Å². The van der Waals surface area contributed by atoms with E-state index in [-0.39, 0.29) is 23.3 Å². The van der Waals surface area contributed by atoms with Gasteiger partial charge >= 0.3 is 0 Å². The topological polar surface area (TPSA) is 41.6 Å². The lowest BCUT2D eigenvalue weighted by atomic mass is 9.85. The van der Waals surface area contributed by atoms with Gasteiger partial charge in [-0.25, -0.2) is 4.39 Å². The maximum absolute atomic E-state index is 13.7. The molecule has 3 atom stereocenters. The van der Waals surface area contributed by atoms with E-state index in [0.29, 0.717) is 18.3 Å². The highest BCUT2D eigenvalue weighted by Crippen LogP contribution is 2.42. The van der Waals surface area contributed by atoms with Crippen molar-refractivity contribution in [2.75, 3.05) is 5.32 Å². The van der Waals surface area contributed by atoms with E-state index < -0.39 is 0 Å². The number of anilines is 1. The fraction of sp³-hybridized carbons (Fsp3) is 0.300. The van der Waals surface area contributed by atoms with Crippen molar-refractivity contribution in [2.45, 2.75) is 50.8 Å². The molecule has 1 saturated carbocycles. The standard InChI is InChI=1S/C30H30BrFN2O2S/c1-20-7-5-6-10-26(20)34-29(35)28(37-30(34)33-24-8-3-2-4-9-24)18-22-13-16-27(25(31)17-22)36-19-21-11-14-23(32)15-12-21/h2-4,8-9,11-18,20,26,30,33H,5-7,10,19H2,1H3/b28-18-/t20-,26+,30?/m1/s1. The first-order chi connectivity index (χ1) is 18.0. The van der Waals surface area contributed by atoms with Crippen molar-refractivity contribution in [3.8, 4) is 5.75 Å². The zero-order chi connectivity index (χ0) is 25.8. The highest BCUT2D eigenvalue weighted by atomic mass is 79.9. The van der Waals surface area contributed by atoms with Crippen molar-refractivity contribution in [1.29, 1.82) is 0 Å². The number of carbonyl (C=O) groups is 1. The summed E-state index contributed by atoms with van der Waals surface area (Å²) in [6, 6.07) is 22.4. The number of thioether (sulfide) groups is 1. The smallest absolute Gasteiger partial charge is 0.262 e. The van der Waals surface area contributed by atoms with Gasteiger partial charge in [-0.05, 0) is 88.3 Å². The molecule has 4 nitrogen and oxygen atoms in total. The maximum atomic E-state index is 13.7. The van der Waals surface area contributed by atoms with Crippen LogP contribution in [0.15, 0.2) is 82.2 Å². The monoisotopic (exact) mass is 580 g/mol. The van der Waals surface area contributed by atoms with Crippen molar-refractivity contribution in [3.05, 3.63) is 99.1 Å². The molecule has 0 radical (unpaired) electrons. The Morgan fingerprint density at radius 3 is 2.57 bits per heavy atom. The SMILES string of the molecule is C[C@@H]1CCCC[C@@H]1N1C(=O)/C(=C/c2ccc(OCc3ccc(F)cc3)c(Br)c2)SC1Nc1ccccc1. The van der Waals surface area contributed by atoms with E-state index in [0.717, 1.165) is 45.5 Å². The number of nitrogens with one attached hydrogen (secondary N) is 1. The molecule has 1 unspecified atom stereocenters. The second kappa shape index (κ2) is 11.7. The van der Waals surface area contributed by atoms with E-state index >= 15 is 0 Å². The first-order valence-corrected chi connectivity index (χ1v) is 14.3. The molecule has 0 spiro atoms. The molecular formula is C30H30BrFN2O2S. The van der Waals surface area contributed by atoms with Gasteiger partial charge in [0.05, 0.1) is 9.38 Å². The highest BCUT2D eigenvalue weighted by molar-refractivity contribution is 9.10. The number of nitrogens with zero attached hydrogens (tertiary/aromatic N) is 1. The molecule has 5 rings (SSSR count). The fourth-order valence-electron chi connectivity index (χ4n) is 4.98. The van der Waals surface area contributed by atoms with E-state index in [1.54, 1.807) is 23.9 Å². The van der Waals surface area contributed by atoms with Crippen LogP contribution in [-0.4, -0.2) is 22.3 Å². The highest BCUT2D eigenvalue weighted by Gasteiger charge is 2.42. The van der Waals surface area contributed by atoms with Crippen molar-refractivity contribution < 1.29 is 13.9 Å². The molecule has 2 aliphatic rings. The van der Waals surface area contributed by atoms with Gasteiger partial charge in [0.2, 0.25) is 0 Å². The van der Waals surface area contributed by atoms with Crippen LogP contribution >= 0.6 is 27.7 Å². The lowest BCUT2D eigenvalue weighted by Gasteiger charge is -2.39. The molecular weight excluding hydrogens is 551 g/mol. The van der Waals surface area contributed by atoms with Crippen LogP contribution in [0.4, 0.5) is 10.1 Å². The molecule has 7 heteroatoms. The Kier molecular flexibility index (Phi) is 8.20. The fourth-order valence-corrected chi connectivity index (χ4v) is 6.71. The van der Waals surface area contributed by atoms with Crippen LogP contribution in [0.25, 0.3) is 6.08 Å². The normalized spacial score (nSPS) is 22.9. The van der Waals surface area contributed by atoms with E-state index in [9.17, 15) is 9.18 Å². The number of amides is 1. The summed E-state index contributed by atoms with van der Waals surface area (Å²) in [7, 11) is 0. The van der Waals surface area contributed by atoms with Gasteiger partial charge in [-0.3, -0.25) is 4.79 Å². The molecule has 1 saturated heterocycles. The molecule has 1 aliphatic heterocycles. The molecule has 2 fully saturated rings. The summed E-state index contributed by atoms with van der Waals surface area (Å²) in [5.41, 5.74) is 2.68. The number of para-hydroxylation sites is 1. The molecule has 1 amide bonds. The summed E-state index contributed by atoms with van der Waals surface area (Å²) in [6.45, 7) is 2.61. The van der Waals surface area contributed by atoms with Crippen LogP contribution < -0.4 is 10.1 Å². The number of rotatable bonds is 7. The number of hydrogen-bond acceptors (Lipinski definition) is 4. The van der Waals surface area contributed by atoms with Crippen LogP contribution in [0, 0.1) is 11.7 Å². The molecule has 0 bridgehead atoms. The largest absolute Gasteiger partial charge is 0.488 e. The van der Waals surface area contributed by atoms with Gasteiger partial charge in [0, 0.05) is 11.7 Å². The van der Waals surface area contributed by atoms with E-state index in [2.05, 4.69) is 33.1 Å². The van der Waals surface area contributed by atoms with Gasteiger partial charge < -0.3 is 15.0 Å². The molecule has 1 N–H and O–H groups in total. The number of carbonyl (C=O) groups excluding carboxylic acids is 1. The van der Waals surface area contributed by atoms with Gasteiger partial charge in [-0.15, -0.1) is 0 Å². The van der Waals surface area contributed by atoms with Gasteiger partial charge in [-0.2, -0.15) is 0 Å². The third-order valence-corrected chi connectivity index (χ3v) is 8.72. The number of ether oxygens (including phenoxy) is 1. The van der Waals surface area contributed by atoms with Crippen LogP contribution in [0.2, 0.25) is 0 Å². The van der Waals surface area contributed by atoms with Crippen LogP contribution in [0.3, 0.4) is 0 Å². The predicted molar refractivity (Wildman–Crippen MR) is 153 cm³/mol. The van der Waals surface area contributed by atoms with E-state index in [1.165, 1.54) is 18.6 Å². The Labute approximate surface area is 230 Å². The quantitative estimate of drug-likeness (QED) is 0.287. The minimum atomic E-state index is -0.264. The zero-order valence-electron chi connectivity index (χ0n) is 20.7. The summed E-state index contributed by atoms with van der Waals surface area (Å²) in [5.74, 6) is 0.992. The molecule has 0 aromatic heterocycles. The summed E-state index contributed by atoms with van der Waals surface area (Å²) in [5, 5.41) is 3.59. The molecule has 3 aromatic carbocycles. The first kappa shape index (κ1) is 25.9. The summed E-state index contributed by atoms with van der Waals surface area (Å²) < 4.78 is 19.9. The second-order valence-corrected chi connectivity index (χ2v) is 11.6. The third kappa shape index (κ3) is 6.21. The van der Waals surface area contributed by atoms with Crippen molar-refractivity contribution in [2.24, 2.45) is 5.92 Å². The lowest BCUT2D eigenvalue weighted by Crippen LogP contribution is -2.48. The second-order valence-electron chi connectivity index (χ2n) is 9.64. The molecule has 1 aliphatic carbocycles. The Morgan fingerprint density at radius 1 is 1.08 bits per heavy atom. The van der Waals surface area contributed by atoms with Crippen LogP contribution in [0.5, 0.6) is 5.75 Å². The Morgan fingerprint density at radius 2 is 1.84 bits per heavy atom. The van der Waals surface area contributed by atoms with Gasteiger partial charge in [-0.1, -0.05) is 67.9 Å². The molecule has 3 aromatic rings. The van der Waals surface area contributed by atoms with Crippen LogP contribution in [0.1, 0.15) is 43.7 Å². The number of hydrogen-bond donors (Lipinski definition) is 1. The molecule has 37 heavy (non-hydrogen) atoms. The zero-order valence-corrected chi connectivity index (χ0v) is 23.1. The predicted octanol–water partition coefficient (Wildman–Crippen LogP) is 8.06. The average Bonchev–Trinajstić information content (AvgIpc) is 3.19. The Hall–Kier alpha value is -2.77. The first-order valence-electron chi connectivity index (χ1n) is 12.7. The summed E-state index contributed by atoms with van der Waals surface area (Å²) >= 11 is 5.19. The minimum Gasteiger partial charge on any atom is -0.488 e. The van der Waals surface area contributed by atoms with E-state index in [4.69, 9.17) is 4.74 Å². The van der Waals surface area contributed by atoms with Crippen molar-refractivity contribution >= 4 is 45.4 Å². The van der Waals surface area contributed by atoms with E-state index in [1.807, 2.05) is 54.6 Å². The molecule has 1 heterocycles. The molecule has 192 valence electrons. The third-order valence-electron chi connectivity index (χ3n) is 6.99. The summed E-state index contributed by atoms with van der Waals surface area (Å²) in [4.78, 5) is 16.5. The van der Waals surface area contributed by atoms with Gasteiger partial charge in [0.15, 0.2) is 5.50 Å².